The van der Waals surface area contributed by atoms with Crippen LogP contribution >= 0.6 is 0 Å². The molecule has 0 heterocycles. The molecule has 3 heteroatoms. The van der Waals surface area contributed by atoms with Crippen LogP contribution in [0.5, 0.6) is 0 Å². The van der Waals surface area contributed by atoms with Gasteiger partial charge in [0.05, 0.1) is 11.7 Å². The van der Waals surface area contributed by atoms with Crippen molar-refractivity contribution in [3.8, 4) is 0 Å². The standard InChI is InChI=1S/C14H24O3/c1-3-4-5-6-14(2,17)13(16)12-10-7-9(15)8-11(10)12/h10-13,16-17H,3-8H2,1-2H3. The molecule has 0 radical (unpaired) electrons. The van der Waals surface area contributed by atoms with Gasteiger partial charge in [-0.3, -0.25) is 4.79 Å². The number of carbonyl (C=O) groups excluding carboxylic acids is 1. The van der Waals surface area contributed by atoms with E-state index in [0.717, 1.165) is 19.3 Å². The summed E-state index contributed by atoms with van der Waals surface area (Å²) in [4.78, 5) is 11.2. The molecule has 0 aromatic carbocycles. The lowest BCUT2D eigenvalue weighted by molar-refractivity contribution is -0.120. The fourth-order valence-electron chi connectivity index (χ4n) is 3.42. The first-order chi connectivity index (χ1) is 7.97. The lowest BCUT2D eigenvalue weighted by Gasteiger charge is -2.30. The van der Waals surface area contributed by atoms with Crippen LogP contribution < -0.4 is 0 Å². The summed E-state index contributed by atoms with van der Waals surface area (Å²) in [5.74, 6) is 1.21. The van der Waals surface area contributed by atoms with Crippen LogP contribution in [0.2, 0.25) is 0 Å². The van der Waals surface area contributed by atoms with Crippen molar-refractivity contribution in [2.75, 3.05) is 0 Å². The third-order valence-electron chi connectivity index (χ3n) is 4.61. The van der Waals surface area contributed by atoms with Crippen molar-refractivity contribution in [2.45, 2.75) is 64.1 Å². The maximum absolute atomic E-state index is 11.2. The van der Waals surface area contributed by atoms with E-state index in [0.29, 0.717) is 36.9 Å². The van der Waals surface area contributed by atoms with Gasteiger partial charge in [-0.15, -0.1) is 0 Å². The molecule has 98 valence electrons. The highest BCUT2D eigenvalue weighted by Crippen LogP contribution is 2.59. The van der Waals surface area contributed by atoms with E-state index in [9.17, 15) is 15.0 Å². The normalized spacial score (nSPS) is 36.5. The van der Waals surface area contributed by atoms with E-state index < -0.39 is 11.7 Å². The van der Waals surface area contributed by atoms with Gasteiger partial charge >= 0.3 is 0 Å². The third kappa shape index (κ3) is 2.55. The monoisotopic (exact) mass is 240 g/mol. The quantitative estimate of drug-likeness (QED) is 0.697. The molecule has 4 unspecified atom stereocenters. The average Bonchev–Trinajstić information content (AvgIpc) is 2.75. The molecule has 0 saturated heterocycles. The second-order valence-electron chi connectivity index (χ2n) is 6.11. The SMILES string of the molecule is CCCCCC(C)(O)C(O)C1C2CC(=O)CC21. The highest BCUT2D eigenvalue weighted by Gasteiger charge is 2.61. The Morgan fingerprint density at radius 2 is 1.94 bits per heavy atom. The van der Waals surface area contributed by atoms with Crippen LogP contribution in [0.1, 0.15) is 52.4 Å². The topological polar surface area (TPSA) is 57.5 Å². The first-order valence-electron chi connectivity index (χ1n) is 6.89. The zero-order chi connectivity index (χ0) is 12.6. The Morgan fingerprint density at radius 1 is 1.35 bits per heavy atom. The summed E-state index contributed by atoms with van der Waals surface area (Å²) in [7, 11) is 0. The Bertz CT molecular complexity index is 284. The summed E-state index contributed by atoms with van der Waals surface area (Å²) in [5, 5.41) is 20.6. The zero-order valence-corrected chi connectivity index (χ0v) is 10.9. The minimum Gasteiger partial charge on any atom is -0.390 e. The molecular formula is C14H24O3. The molecule has 2 aliphatic rings. The van der Waals surface area contributed by atoms with Crippen LogP contribution in [0.3, 0.4) is 0 Å². The maximum atomic E-state index is 11.2. The van der Waals surface area contributed by atoms with Crippen molar-refractivity contribution in [3.05, 3.63) is 0 Å². The third-order valence-corrected chi connectivity index (χ3v) is 4.61. The molecule has 4 atom stereocenters. The Morgan fingerprint density at radius 3 is 2.47 bits per heavy atom. The number of hydrogen-bond acceptors (Lipinski definition) is 3. The van der Waals surface area contributed by atoms with Crippen LogP contribution in [0.15, 0.2) is 0 Å². The van der Waals surface area contributed by atoms with Crippen LogP contribution in [0.4, 0.5) is 0 Å². The van der Waals surface area contributed by atoms with Crippen LogP contribution in [-0.2, 0) is 4.79 Å². The van der Waals surface area contributed by atoms with Crippen LogP contribution in [0.25, 0.3) is 0 Å². The van der Waals surface area contributed by atoms with Crippen molar-refractivity contribution in [2.24, 2.45) is 17.8 Å². The van der Waals surface area contributed by atoms with E-state index in [-0.39, 0.29) is 5.92 Å². The summed E-state index contributed by atoms with van der Waals surface area (Å²) in [6.45, 7) is 3.87. The smallest absolute Gasteiger partial charge is 0.133 e. The Hall–Kier alpha value is -0.410. The number of rotatable bonds is 6. The molecule has 17 heavy (non-hydrogen) atoms. The van der Waals surface area contributed by atoms with Gasteiger partial charge in [0.2, 0.25) is 0 Å². The molecule has 0 aliphatic heterocycles. The molecule has 2 rings (SSSR count). The molecule has 0 aromatic rings. The van der Waals surface area contributed by atoms with Gasteiger partial charge in [-0.1, -0.05) is 26.2 Å². The molecule has 0 amide bonds. The summed E-state index contributed by atoms with van der Waals surface area (Å²) >= 11 is 0. The van der Waals surface area contributed by atoms with Crippen molar-refractivity contribution in [3.63, 3.8) is 0 Å². The summed E-state index contributed by atoms with van der Waals surface area (Å²) in [6.07, 6.45) is 4.43. The van der Waals surface area contributed by atoms with Crippen LogP contribution in [-0.4, -0.2) is 27.7 Å². The number of unbranched alkanes of at least 4 members (excludes halogenated alkanes) is 2. The highest BCUT2D eigenvalue weighted by atomic mass is 16.3. The van der Waals surface area contributed by atoms with Gasteiger partial charge in [0.15, 0.2) is 0 Å². The van der Waals surface area contributed by atoms with Gasteiger partial charge in [-0.2, -0.15) is 0 Å². The number of aliphatic hydroxyl groups excluding tert-OH is 1. The first kappa shape index (κ1) is 13.0. The molecule has 3 nitrogen and oxygen atoms in total. The van der Waals surface area contributed by atoms with Crippen molar-refractivity contribution < 1.29 is 15.0 Å². The summed E-state index contributed by atoms with van der Waals surface area (Å²) in [5.41, 5.74) is -0.979. The average molecular weight is 240 g/mol. The maximum Gasteiger partial charge on any atom is 0.133 e. The molecule has 2 N–H and O–H groups in total. The van der Waals surface area contributed by atoms with Crippen LogP contribution in [0, 0.1) is 17.8 Å². The Balaban J connectivity index is 1.83. The molecule has 0 bridgehead atoms. The molecule has 0 spiro atoms. The fraction of sp³-hybridized carbons (Fsp3) is 0.929. The van der Waals surface area contributed by atoms with E-state index in [1.54, 1.807) is 6.92 Å². The molecule has 2 aliphatic carbocycles. The van der Waals surface area contributed by atoms with Crippen molar-refractivity contribution in [1.82, 2.24) is 0 Å². The lowest BCUT2D eigenvalue weighted by Crippen LogP contribution is -2.41. The largest absolute Gasteiger partial charge is 0.390 e. The number of ketones is 1. The van der Waals surface area contributed by atoms with Crippen molar-refractivity contribution in [1.29, 1.82) is 0 Å². The fourth-order valence-corrected chi connectivity index (χ4v) is 3.42. The summed E-state index contributed by atoms with van der Waals surface area (Å²) < 4.78 is 0. The number of carbonyl (C=O) groups is 1. The van der Waals surface area contributed by atoms with E-state index in [4.69, 9.17) is 0 Å². The van der Waals surface area contributed by atoms with Gasteiger partial charge < -0.3 is 10.2 Å². The van der Waals surface area contributed by atoms with Gasteiger partial charge in [-0.25, -0.2) is 0 Å². The molecular weight excluding hydrogens is 216 g/mol. The minimum absolute atomic E-state index is 0.171. The number of aliphatic hydroxyl groups is 2. The van der Waals surface area contributed by atoms with Gasteiger partial charge in [0.1, 0.15) is 5.78 Å². The Labute approximate surface area is 103 Å². The van der Waals surface area contributed by atoms with Crippen molar-refractivity contribution >= 4 is 5.78 Å². The highest BCUT2D eigenvalue weighted by molar-refractivity contribution is 5.83. The second-order valence-corrected chi connectivity index (χ2v) is 6.11. The second kappa shape index (κ2) is 4.69. The van der Waals surface area contributed by atoms with E-state index >= 15 is 0 Å². The first-order valence-corrected chi connectivity index (χ1v) is 6.89. The minimum atomic E-state index is -0.979. The predicted molar refractivity (Wildman–Crippen MR) is 65.5 cm³/mol. The van der Waals surface area contributed by atoms with Gasteiger partial charge in [0, 0.05) is 12.8 Å². The summed E-state index contributed by atoms with van der Waals surface area (Å²) in [6, 6.07) is 0. The lowest BCUT2D eigenvalue weighted by atomic mass is 9.87. The van der Waals surface area contributed by atoms with Gasteiger partial charge in [0.25, 0.3) is 0 Å². The van der Waals surface area contributed by atoms with E-state index in [1.165, 1.54) is 0 Å². The Kier molecular flexibility index (Phi) is 3.60. The molecule has 2 fully saturated rings. The molecule has 2 saturated carbocycles. The van der Waals surface area contributed by atoms with E-state index in [2.05, 4.69) is 6.92 Å². The zero-order valence-electron chi connectivity index (χ0n) is 10.9. The molecule has 0 aromatic heterocycles. The van der Waals surface area contributed by atoms with Gasteiger partial charge in [-0.05, 0) is 31.1 Å². The van der Waals surface area contributed by atoms with E-state index in [1.807, 2.05) is 0 Å². The predicted octanol–water partition coefficient (Wildman–Crippen LogP) is 1.90. The number of Topliss-reactive ketones (excluding diaryl/α,β-unsaturated/α-hetero) is 1. The number of hydrogen-bond donors (Lipinski definition) is 2. The number of fused-ring (bicyclic) bond motifs is 1.